The summed E-state index contributed by atoms with van der Waals surface area (Å²) in [4.78, 5) is 32.2. The van der Waals surface area contributed by atoms with Crippen molar-refractivity contribution in [3.8, 4) is 0 Å². The summed E-state index contributed by atoms with van der Waals surface area (Å²) >= 11 is 0. The first-order valence-corrected chi connectivity index (χ1v) is 5.84. The number of benzene rings is 1. The van der Waals surface area contributed by atoms with Crippen LogP contribution in [0.3, 0.4) is 0 Å². The summed E-state index contributed by atoms with van der Waals surface area (Å²) in [5.41, 5.74) is -0.916. The molecule has 0 aromatic heterocycles. The fourth-order valence-electron chi connectivity index (χ4n) is 1.58. The van der Waals surface area contributed by atoms with Crippen LogP contribution in [-0.2, 0) is 4.79 Å². The van der Waals surface area contributed by atoms with Gasteiger partial charge in [0.25, 0.3) is 5.91 Å². The monoisotopic (exact) mass is 284 g/mol. The van der Waals surface area contributed by atoms with Gasteiger partial charge in [-0.2, -0.15) is 4.39 Å². The quantitative estimate of drug-likeness (QED) is 0.610. The SMILES string of the molecule is CCCC(NC(=O)c1ccc([N+](=O)[O-])c(F)c1)C(=O)O. The van der Waals surface area contributed by atoms with Crippen LogP contribution in [0.5, 0.6) is 0 Å². The molecule has 0 saturated carbocycles. The number of rotatable bonds is 6. The number of aliphatic carboxylic acids is 1. The topological polar surface area (TPSA) is 110 Å². The van der Waals surface area contributed by atoms with E-state index in [9.17, 15) is 24.1 Å². The number of carboxylic acids is 1. The number of hydrogen-bond acceptors (Lipinski definition) is 4. The zero-order valence-corrected chi connectivity index (χ0v) is 10.6. The number of carbonyl (C=O) groups excluding carboxylic acids is 1. The molecule has 0 heterocycles. The van der Waals surface area contributed by atoms with Gasteiger partial charge >= 0.3 is 11.7 Å². The van der Waals surface area contributed by atoms with Crippen LogP contribution in [0.15, 0.2) is 18.2 Å². The van der Waals surface area contributed by atoms with Crippen LogP contribution < -0.4 is 5.32 Å². The van der Waals surface area contributed by atoms with Crippen LogP contribution >= 0.6 is 0 Å². The van der Waals surface area contributed by atoms with Crippen molar-refractivity contribution < 1.29 is 24.0 Å². The number of halogens is 1. The molecular formula is C12H13FN2O5. The first kappa shape index (κ1) is 15.5. The molecule has 0 radical (unpaired) electrons. The summed E-state index contributed by atoms with van der Waals surface area (Å²) < 4.78 is 13.4. The molecule has 20 heavy (non-hydrogen) atoms. The predicted octanol–water partition coefficient (Wildman–Crippen LogP) is 1.72. The highest BCUT2D eigenvalue weighted by Crippen LogP contribution is 2.18. The molecule has 1 aromatic carbocycles. The summed E-state index contributed by atoms with van der Waals surface area (Å²) in [5, 5.41) is 21.6. The maximum Gasteiger partial charge on any atom is 0.326 e. The van der Waals surface area contributed by atoms with E-state index in [-0.39, 0.29) is 12.0 Å². The molecule has 1 atom stereocenters. The zero-order valence-electron chi connectivity index (χ0n) is 10.6. The van der Waals surface area contributed by atoms with Gasteiger partial charge in [-0.25, -0.2) is 4.79 Å². The van der Waals surface area contributed by atoms with Crippen molar-refractivity contribution in [2.45, 2.75) is 25.8 Å². The first-order valence-electron chi connectivity index (χ1n) is 5.84. The Labute approximate surface area is 113 Å². The lowest BCUT2D eigenvalue weighted by Gasteiger charge is -2.13. The average Bonchev–Trinajstić information content (AvgIpc) is 2.37. The molecule has 0 aliphatic rings. The molecule has 1 amide bonds. The largest absolute Gasteiger partial charge is 0.480 e. The van der Waals surface area contributed by atoms with Crippen LogP contribution in [0, 0.1) is 15.9 Å². The Bertz CT molecular complexity index is 547. The number of hydrogen-bond donors (Lipinski definition) is 2. The maximum atomic E-state index is 13.4. The van der Waals surface area contributed by atoms with E-state index in [1.807, 2.05) is 0 Å². The second-order valence-electron chi connectivity index (χ2n) is 4.08. The van der Waals surface area contributed by atoms with E-state index in [0.717, 1.165) is 12.1 Å². The molecule has 0 bridgehead atoms. The van der Waals surface area contributed by atoms with Gasteiger partial charge in [-0.05, 0) is 18.6 Å². The van der Waals surface area contributed by atoms with Crippen molar-refractivity contribution in [2.75, 3.05) is 0 Å². The normalized spacial score (nSPS) is 11.7. The molecule has 0 spiro atoms. The number of nitrogens with zero attached hydrogens (tertiary/aromatic N) is 1. The number of nitro benzene ring substituents is 1. The van der Waals surface area contributed by atoms with Crippen LogP contribution in [-0.4, -0.2) is 27.9 Å². The summed E-state index contributed by atoms with van der Waals surface area (Å²) in [5.74, 6) is -3.13. The molecule has 0 aliphatic heterocycles. The molecule has 2 N–H and O–H groups in total. The molecule has 108 valence electrons. The van der Waals surface area contributed by atoms with E-state index in [0.29, 0.717) is 12.5 Å². The maximum absolute atomic E-state index is 13.4. The standard InChI is InChI=1S/C12H13FN2O5/c1-2-3-9(12(17)18)14-11(16)7-4-5-10(15(19)20)8(13)6-7/h4-6,9H,2-3H2,1H3,(H,14,16)(H,17,18). The third-order valence-electron chi connectivity index (χ3n) is 2.59. The number of nitro groups is 1. The van der Waals surface area contributed by atoms with E-state index in [1.165, 1.54) is 0 Å². The fraction of sp³-hybridized carbons (Fsp3) is 0.333. The minimum Gasteiger partial charge on any atom is -0.480 e. The predicted molar refractivity (Wildman–Crippen MR) is 66.9 cm³/mol. The van der Waals surface area contributed by atoms with Crippen LogP contribution in [0.2, 0.25) is 0 Å². The van der Waals surface area contributed by atoms with Gasteiger partial charge in [-0.15, -0.1) is 0 Å². The average molecular weight is 284 g/mol. The minimum absolute atomic E-state index is 0.171. The van der Waals surface area contributed by atoms with Gasteiger partial charge in [-0.3, -0.25) is 14.9 Å². The van der Waals surface area contributed by atoms with E-state index >= 15 is 0 Å². The van der Waals surface area contributed by atoms with Crippen LogP contribution in [0.4, 0.5) is 10.1 Å². The molecule has 0 fully saturated rings. The summed E-state index contributed by atoms with van der Waals surface area (Å²) in [7, 11) is 0. The zero-order chi connectivity index (χ0) is 15.3. The Morgan fingerprint density at radius 1 is 1.50 bits per heavy atom. The highest BCUT2D eigenvalue weighted by Gasteiger charge is 2.21. The van der Waals surface area contributed by atoms with E-state index < -0.39 is 34.3 Å². The smallest absolute Gasteiger partial charge is 0.326 e. The molecule has 7 nitrogen and oxygen atoms in total. The van der Waals surface area contributed by atoms with Crippen LogP contribution in [0.1, 0.15) is 30.1 Å². The lowest BCUT2D eigenvalue weighted by atomic mass is 10.1. The van der Waals surface area contributed by atoms with Gasteiger partial charge in [0, 0.05) is 11.6 Å². The number of amides is 1. The first-order chi connectivity index (χ1) is 9.36. The van der Waals surface area contributed by atoms with Crippen molar-refractivity contribution in [3.63, 3.8) is 0 Å². The van der Waals surface area contributed by atoms with Crippen molar-refractivity contribution in [2.24, 2.45) is 0 Å². The van der Waals surface area contributed by atoms with Gasteiger partial charge in [0.2, 0.25) is 5.82 Å². The Kier molecular flexibility index (Phi) is 5.13. The molecule has 0 saturated heterocycles. The molecule has 0 aliphatic carbocycles. The third-order valence-corrected chi connectivity index (χ3v) is 2.59. The summed E-state index contributed by atoms with van der Waals surface area (Å²) in [6.45, 7) is 1.76. The second kappa shape index (κ2) is 6.60. The van der Waals surface area contributed by atoms with E-state index in [4.69, 9.17) is 5.11 Å². The van der Waals surface area contributed by atoms with Crippen molar-refractivity contribution in [1.29, 1.82) is 0 Å². The van der Waals surface area contributed by atoms with E-state index in [1.54, 1.807) is 6.92 Å². The molecule has 1 rings (SSSR count). The highest BCUT2D eigenvalue weighted by molar-refractivity contribution is 5.96. The van der Waals surface area contributed by atoms with Crippen molar-refractivity contribution in [1.82, 2.24) is 5.32 Å². The number of carbonyl (C=O) groups is 2. The van der Waals surface area contributed by atoms with Crippen LogP contribution in [0.25, 0.3) is 0 Å². The molecule has 1 unspecified atom stereocenters. The van der Waals surface area contributed by atoms with Gasteiger partial charge in [0.15, 0.2) is 0 Å². The lowest BCUT2D eigenvalue weighted by molar-refractivity contribution is -0.387. The van der Waals surface area contributed by atoms with Crippen molar-refractivity contribution in [3.05, 3.63) is 39.7 Å². The number of nitrogens with one attached hydrogen (secondary N) is 1. The highest BCUT2D eigenvalue weighted by atomic mass is 19.1. The lowest BCUT2D eigenvalue weighted by Crippen LogP contribution is -2.40. The summed E-state index contributed by atoms with van der Waals surface area (Å²) in [6, 6.07) is 1.56. The molecular weight excluding hydrogens is 271 g/mol. The van der Waals surface area contributed by atoms with Gasteiger partial charge < -0.3 is 10.4 Å². The molecule has 1 aromatic rings. The minimum atomic E-state index is -1.19. The Hall–Kier alpha value is -2.51. The van der Waals surface area contributed by atoms with Gasteiger partial charge in [-0.1, -0.05) is 13.3 Å². The Morgan fingerprint density at radius 2 is 2.15 bits per heavy atom. The van der Waals surface area contributed by atoms with Gasteiger partial charge in [0.05, 0.1) is 4.92 Å². The summed E-state index contributed by atoms with van der Waals surface area (Å²) in [6.07, 6.45) is 0.780. The van der Waals surface area contributed by atoms with Crippen molar-refractivity contribution >= 4 is 17.6 Å². The van der Waals surface area contributed by atoms with E-state index in [2.05, 4.69) is 5.32 Å². The number of carboxylic acid groups (broad SMARTS) is 1. The fourth-order valence-corrected chi connectivity index (χ4v) is 1.58. The third kappa shape index (κ3) is 3.74. The van der Waals surface area contributed by atoms with Gasteiger partial charge in [0.1, 0.15) is 6.04 Å². The second-order valence-corrected chi connectivity index (χ2v) is 4.08. The molecule has 8 heteroatoms. The Morgan fingerprint density at radius 3 is 2.60 bits per heavy atom. The Balaban J connectivity index is 2.90.